The molecule has 1 fully saturated rings. The summed E-state index contributed by atoms with van der Waals surface area (Å²) in [7, 11) is -0.624. The number of ether oxygens (including phenoxy) is 1. The standard InChI is InChI=1S/C21H23BFNO5/c1-20(2)21(3,4)29-22(28-20)18-9-5-15(23)11-14(18)13-27-17-8-6-16(24-12-17)7-10-19(25)26/h5-12H,13H2,1-4H3,(H,25,26). The molecule has 1 aliphatic heterocycles. The van der Waals surface area contributed by atoms with Crippen molar-refractivity contribution in [1.29, 1.82) is 0 Å². The number of hydrogen-bond acceptors (Lipinski definition) is 5. The molecule has 152 valence electrons. The SMILES string of the molecule is CC1(C)OB(c2ccc(F)cc2COc2ccc(C=CC(=O)O)nc2)OC1(C)C. The maximum Gasteiger partial charge on any atom is 0.495 e. The lowest BCUT2D eigenvalue weighted by Crippen LogP contribution is -2.41. The van der Waals surface area contributed by atoms with Crippen LogP contribution in [0.25, 0.3) is 6.08 Å². The minimum atomic E-state index is -1.05. The fraction of sp³-hybridized carbons (Fsp3) is 0.333. The summed E-state index contributed by atoms with van der Waals surface area (Å²) in [5.74, 6) is -0.953. The molecule has 0 bridgehead atoms. The van der Waals surface area contributed by atoms with Gasteiger partial charge in [0, 0.05) is 6.08 Å². The smallest absolute Gasteiger partial charge is 0.487 e. The van der Waals surface area contributed by atoms with Crippen LogP contribution in [0.5, 0.6) is 5.75 Å². The van der Waals surface area contributed by atoms with E-state index in [1.165, 1.54) is 24.4 Å². The van der Waals surface area contributed by atoms with Gasteiger partial charge in [-0.25, -0.2) is 9.18 Å². The van der Waals surface area contributed by atoms with Gasteiger partial charge in [-0.1, -0.05) is 6.07 Å². The first kappa shape index (κ1) is 21.0. The number of benzene rings is 1. The van der Waals surface area contributed by atoms with Crippen LogP contribution in [0.15, 0.2) is 42.6 Å². The van der Waals surface area contributed by atoms with E-state index in [1.807, 2.05) is 27.7 Å². The van der Waals surface area contributed by atoms with Crippen molar-refractivity contribution < 1.29 is 28.3 Å². The summed E-state index contributed by atoms with van der Waals surface area (Å²) in [6.45, 7) is 7.93. The van der Waals surface area contributed by atoms with Gasteiger partial charge in [-0.3, -0.25) is 4.98 Å². The van der Waals surface area contributed by atoms with Gasteiger partial charge < -0.3 is 19.2 Å². The van der Waals surface area contributed by atoms with Gasteiger partial charge in [0.2, 0.25) is 0 Å². The van der Waals surface area contributed by atoms with Crippen LogP contribution in [0.1, 0.15) is 39.0 Å². The molecule has 8 heteroatoms. The lowest BCUT2D eigenvalue weighted by molar-refractivity contribution is -0.131. The van der Waals surface area contributed by atoms with Gasteiger partial charge in [0.1, 0.15) is 18.2 Å². The van der Waals surface area contributed by atoms with Gasteiger partial charge >= 0.3 is 13.1 Å². The molecule has 0 spiro atoms. The largest absolute Gasteiger partial charge is 0.495 e. The van der Waals surface area contributed by atoms with Crippen molar-refractivity contribution in [3.8, 4) is 5.75 Å². The zero-order valence-corrected chi connectivity index (χ0v) is 16.8. The third-order valence-corrected chi connectivity index (χ3v) is 5.16. The first-order valence-electron chi connectivity index (χ1n) is 9.21. The lowest BCUT2D eigenvalue weighted by Gasteiger charge is -2.32. The fourth-order valence-corrected chi connectivity index (χ4v) is 2.79. The van der Waals surface area contributed by atoms with E-state index in [9.17, 15) is 9.18 Å². The van der Waals surface area contributed by atoms with Crippen LogP contribution in [-0.2, 0) is 20.7 Å². The first-order chi connectivity index (χ1) is 13.6. The topological polar surface area (TPSA) is 77.9 Å². The van der Waals surface area contributed by atoms with Crippen LogP contribution in [0, 0.1) is 5.82 Å². The Morgan fingerprint density at radius 2 is 1.90 bits per heavy atom. The predicted octanol–water partition coefficient (Wildman–Crippen LogP) is 3.20. The molecule has 29 heavy (non-hydrogen) atoms. The van der Waals surface area contributed by atoms with Crippen molar-refractivity contribution in [2.24, 2.45) is 0 Å². The van der Waals surface area contributed by atoms with Gasteiger partial charge in [0.15, 0.2) is 0 Å². The molecule has 0 radical (unpaired) electrons. The number of nitrogens with zero attached hydrogens (tertiary/aromatic N) is 1. The molecule has 6 nitrogen and oxygen atoms in total. The number of halogens is 1. The maximum absolute atomic E-state index is 13.9. The van der Waals surface area contributed by atoms with E-state index in [0.717, 1.165) is 6.08 Å². The Hall–Kier alpha value is -2.71. The minimum absolute atomic E-state index is 0.100. The number of hydrogen-bond donors (Lipinski definition) is 1. The van der Waals surface area contributed by atoms with Gasteiger partial charge in [0.25, 0.3) is 0 Å². The van der Waals surface area contributed by atoms with Crippen LogP contribution in [0.2, 0.25) is 0 Å². The lowest BCUT2D eigenvalue weighted by atomic mass is 9.76. The average Bonchev–Trinajstić information content (AvgIpc) is 2.86. The number of carboxylic acid groups (broad SMARTS) is 1. The zero-order valence-electron chi connectivity index (χ0n) is 16.8. The monoisotopic (exact) mass is 399 g/mol. The van der Waals surface area contributed by atoms with Crippen molar-refractivity contribution in [1.82, 2.24) is 4.98 Å². The molecule has 0 atom stereocenters. The number of aliphatic carboxylic acids is 1. The number of carbonyl (C=O) groups is 1. The Labute approximate surface area is 169 Å². The highest BCUT2D eigenvalue weighted by Crippen LogP contribution is 2.36. The molecule has 1 aromatic carbocycles. The summed E-state index contributed by atoms with van der Waals surface area (Å²) in [5.41, 5.74) is 0.793. The molecule has 1 N–H and O–H groups in total. The van der Waals surface area contributed by atoms with Crippen LogP contribution < -0.4 is 10.2 Å². The van der Waals surface area contributed by atoms with E-state index >= 15 is 0 Å². The molecule has 1 aromatic heterocycles. The van der Waals surface area contributed by atoms with Gasteiger partial charge in [-0.2, -0.15) is 0 Å². The number of carboxylic acids is 1. The predicted molar refractivity (Wildman–Crippen MR) is 107 cm³/mol. The van der Waals surface area contributed by atoms with Gasteiger partial charge in [0.05, 0.1) is 23.1 Å². The Bertz CT molecular complexity index is 911. The molecular weight excluding hydrogens is 376 g/mol. The molecular formula is C21H23BFNO5. The Morgan fingerprint density at radius 1 is 1.21 bits per heavy atom. The Kier molecular flexibility index (Phi) is 5.77. The van der Waals surface area contributed by atoms with E-state index in [-0.39, 0.29) is 12.4 Å². The molecule has 0 unspecified atom stereocenters. The van der Waals surface area contributed by atoms with Gasteiger partial charge in [-0.05, 0) is 69.1 Å². The first-order valence-corrected chi connectivity index (χ1v) is 9.21. The fourth-order valence-electron chi connectivity index (χ4n) is 2.79. The van der Waals surface area contributed by atoms with Crippen molar-refractivity contribution in [2.45, 2.75) is 45.5 Å². The van der Waals surface area contributed by atoms with Crippen molar-refractivity contribution >= 4 is 24.6 Å². The highest BCUT2D eigenvalue weighted by molar-refractivity contribution is 6.62. The summed E-state index contributed by atoms with van der Waals surface area (Å²) >= 11 is 0. The third kappa shape index (κ3) is 4.83. The number of pyridine rings is 1. The molecule has 2 heterocycles. The van der Waals surface area contributed by atoms with E-state index in [1.54, 1.807) is 18.2 Å². The maximum atomic E-state index is 13.9. The van der Waals surface area contributed by atoms with E-state index in [2.05, 4.69) is 4.98 Å². The normalized spacial score (nSPS) is 17.6. The Balaban J connectivity index is 1.75. The molecule has 1 saturated heterocycles. The van der Waals surface area contributed by atoms with Gasteiger partial charge in [-0.15, -0.1) is 0 Å². The zero-order chi connectivity index (χ0) is 21.2. The summed E-state index contributed by atoms with van der Waals surface area (Å²) in [6, 6.07) is 7.72. The molecule has 0 aliphatic carbocycles. The molecule has 0 amide bonds. The van der Waals surface area contributed by atoms with Crippen LogP contribution in [0.4, 0.5) is 4.39 Å². The molecule has 0 saturated carbocycles. The molecule has 1 aliphatic rings. The summed E-state index contributed by atoms with van der Waals surface area (Å²) in [4.78, 5) is 14.7. The summed E-state index contributed by atoms with van der Waals surface area (Å²) < 4.78 is 31.8. The van der Waals surface area contributed by atoms with E-state index in [4.69, 9.17) is 19.2 Å². The van der Waals surface area contributed by atoms with Crippen LogP contribution >= 0.6 is 0 Å². The van der Waals surface area contributed by atoms with Crippen molar-refractivity contribution in [3.05, 3.63) is 59.7 Å². The number of aromatic nitrogens is 1. The second-order valence-corrected chi connectivity index (χ2v) is 7.81. The van der Waals surface area contributed by atoms with Crippen molar-refractivity contribution in [2.75, 3.05) is 0 Å². The quantitative estimate of drug-likeness (QED) is 0.594. The number of rotatable bonds is 6. The van der Waals surface area contributed by atoms with Crippen LogP contribution in [-0.4, -0.2) is 34.4 Å². The second-order valence-electron chi connectivity index (χ2n) is 7.81. The summed E-state index contributed by atoms with van der Waals surface area (Å²) in [6.07, 6.45) is 3.87. The second kappa shape index (κ2) is 7.97. The molecule has 3 rings (SSSR count). The highest BCUT2D eigenvalue weighted by Gasteiger charge is 2.52. The summed E-state index contributed by atoms with van der Waals surface area (Å²) in [5, 5.41) is 8.65. The average molecular weight is 399 g/mol. The van der Waals surface area contributed by atoms with Crippen LogP contribution in [0.3, 0.4) is 0 Å². The van der Waals surface area contributed by atoms with Crippen molar-refractivity contribution in [3.63, 3.8) is 0 Å². The molecule has 2 aromatic rings. The minimum Gasteiger partial charge on any atom is -0.487 e. The van der Waals surface area contributed by atoms with E-state index < -0.39 is 24.3 Å². The van der Waals surface area contributed by atoms with E-state index in [0.29, 0.717) is 22.5 Å². The third-order valence-electron chi connectivity index (χ3n) is 5.16. The Morgan fingerprint density at radius 3 is 2.48 bits per heavy atom. The highest BCUT2D eigenvalue weighted by atomic mass is 19.1.